The van der Waals surface area contributed by atoms with Crippen molar-refractivity contribution in [3.05, 3.63) is 89.1 Å². The normalized spacial score (nSPS) is 18.2. The molecule has 0 bridgehead atoms. The van der Waals surface area contributed by atoms with E-state index < -0.39 is 6.36 Å². The van der Waals surface area contributed by atoms with Crippen LogP contribution in [-0.2, 0) is 0 Å². The molecular formula is C26H23F3N4O3. The lowest BCUT2D eigenvalue weighted by Crippen LogP contribution is -2.36. The first-order chi connectivity index (χ1) is 17.3. The van der Waals surface area contributed by atoms with Crippen molar-refractivity contribution in [2.24, 2.45) is 0 Å². The number of halogens is 3. The maximum Gasteiger partial charge on any atom is 0.573 e. The number of pyridine rings is 1. The number of nitriles is 1. The third-order valence-corrected chi connectivity index (χ3v) is 5.98. The quantitative estimate of drug-likeness (QED) is 0.510. The summed E-state index contributed by atoms with van der Waals surface area (Å²) in [5, 5.41) is 15.6. The van der Waals surface area contributed by atoms with E-state index in [1.54, 1.807) is 31.5 Å². The Hall–Kier alpha value is -4.10. The van der Waals surface area contributed by atoms with Crippen molar-refractivity contribution in [3.8, 4) is 17.7 Å². The molecule has 3 aromatic rings. The number of nitrogens with zero attached hydrogens (tertiary/aromatic N) is 2. The molecular weight excluding hydrogens is 473 g/mol. The summed E-state index contributed by atoms with van der Waals surface area (Å²) in [7, 11) is 1.54. The van der Waals surface area contributed by atoms with Crippen LogP contribution < -0.4 is 20.1 Å². The maximum absolute atomic E-state index is 12.7. The molecule has 1 aliphatic rings. The Labute approximate surface area is 205 Å². The number of aromatic nitrogens is 1. The molecule has 3 unspecified atom stereocenters. The summed E-state index contributed by atoms with van der Waals surface area (Å²) in [4.78, 5) is 17.0. The van der Waals surface area contributed by atoms with Gasteiger partial charge in [0.1, 0.15) is 5.75 Å². The number of methoxy groups -OCH3 is 1. The van der Waals surface area contributed by atoms with Crippen LogP contribution in [0, 0.1) is 11.3 Å². The van der Waals surface area contributed by atoms with E-state index in [1.165, 1.54) is 12.1 Å². The highest BCUT2D eigenvalue weighted by molar-refractivity contribution is 5.94. The summed E-state index contributed by atoms with van der Waals surface area (Å²) in [5.74, 6) is -0.382. The SMILES string of the molecule is COc1ccc(C(c2ccc(C#N)cc2)C2CC(NC(=O)c3ccc(OC(F)(F)F)cc3)CN2)cn1. The molecule has 4 rings (SSSR count). The number of ether oxygens (including phenoxy) is 2. The fourth-order valence-corrected chi connectivity index (χ4v) is 4.33. The minimum absolute atomic E-state index is 0.0407. The molecule has 7 nitrogen and oxygen atoms in total. The van der Waals surface area contributed by atoms with Crippen molar-refractivity contribution in [1.82, 2.24) is 15.6 Å². The predicted molar refractivity (Wildman–Crippen MR) is 125 cm³/mol. The van der Waals surface area contributed by atoms with Gasteiger partial charge in [-0.3, -0.25) is 4.79 Å². The number of hydrogen-bond donors (Lipinski definition) is 2. The Morgan fingerprint density at radius 2 is 1.81 bits per heavy atom. The fourth-order valence-electron chi connectivity index (χ4n) is 4.33. The van der Waals surface area contributed by atoms with Gasteiger partial charge < -0.3 is 20.1 Å². The monoisotopic (exact) mass is 496 g/mol. The summed E-state index contributed by atoms with van der Waals surface area (Å²) in [6.07, 6.45) is -2.43. The molecule has 2 heterocycles. The molecule has 1 aromatic heterocycles. The topological polar surface area (TPSA) is 96.3 Å². The van der Waals surface area contributed by atoms with Crippen LogP contribution in [0.15, 0.2) is 66.9 Å². The Kier molecular flexibility index (Phi) is 7.41. The molecule has 0 radical (unpaired) electrons. The van der Waals surface area contributed by atoms with Crippen molar-refractivity contribution >= 4 is 5.91 Å². The molecule has 1 fully saturated rings. The highest BCUT2D eigenvalue weighted by Gasteiger charge is 2.34. The molecule has 1 aliphatic heterocycles. The van der Waals surface area contributed by atoms with Gasteiger partial charge >= 0.3 is 6.36 Å². The number of carbonyl (C=O) groups excluding carboxylic acids is 1. The van der Waals surface area contributed by atoms with Crippen molar-refractivity contribution < 1.29 is 27.4 Å². The number of benzene rings is 2. The van der Waals surface area contributed by atoms with Gasteiger partial charge in [0.15, 0.2) is 0 Å². The average molecular weight is 496 g/mol. The van der Waals surface area contributed by atoms with Crippen LogP contribution in [0.4, 0.5) is 13.2 Å². The maximum atomic E-state index is 12.7. The highest BCUT2D eigenvalue weighted by atomic mass is 19.4. The first-order valence-electron chi connectivity index (χ1n) is 11.2. The zero-order valence-corrected chi connectivity index (χ0v) is 19.3. The number of alkyl halides is 3. The summed E-state index contributed by atoms with van der Waals surface area (Å²) in [6, 6.07) is 17.7. The minimum Gasteiger partial charge on any atom is -0.481 e. The standard InChI is InChI=1S/C26H23F3N4O3/c1-35-23-11-8-19(14-32-23)24(17-4-2-16(13-30)3-5-17)22-12-20(15-31-22)33-25(34)18-6-9-21(10-7-18)36-26(27,28)29/h2-11,14,20,22,24,31H,12,15H2,1H3,(H,33,34). The van der Waals surface area contributed by atoms with Gasteiger partial charge in [-0.15, -0.1) is 13.2 Å². The van der Waals surface area contributed by atoms with Crippen LogP contribution in [0.25, 0.3) is 0 Å². The number of rotatable bonds is 7. The Bertz CT molecular complexity index is 1220. The van der Waals surface area contributed by atoms with Crippen molar-refractivity contribution in [1.29, 1.82) is 5.26 Å². The number of hydrogen-bond acceptors (Lipinski definition) is 6. The molecule has 2 aromatic carbocycles. The van der Waals surface area contributed by atoms with Crippen LogP contribution in [0.3, 0.4) is 0 Å². The highest BCUT2D eigenvalue weighted by Crippen LogP contribution is 2.33. The largest absolute Gasteiger partial charge is 0.573 e. The molecule has 0 spiro atoms. The molecule has 1 amide bonds. The summed E-state index contributed by atoms with van der Waals surface area (Å²) in [6.45, 7) is 0.516. The van der Waals surface area contributed by atoms with Gasteiger partial charge in [0.25, 0.3) is 5.91 Å². The molecule has 3 atom stereocenters. The third kappa shape index (κ3) is 6.12. The Morgan fingerprint density at radius 3 is 2.39 bits per heavy atom. The Morgan fingerprint density at radius 1 is 1.11 bits per heavy atom. The first-order valence-corrected chi connectivity index (χ1v) is 11.2. The third-order valence-electron chi connectivity index (χ3n) is 5.98. The van der Waals surface area contributed by atoms with Crippen molar-refractivity contribution in [3.63, 3.8) is 0 Å². The first kappa shape index (κ1) is 25.0. The molecule has 0 saturated carbocycles. The number of amides is 1. The summed E-state index contributed by atoms with van der Waals surface area (Å²) < 4.78 is 46.1. The lowest BCUT2D eigenvalue weighted by atomic mass is 9.84. The fraction of sp³-hybridized carbons (Fsp3) is 0.269. The van der Waals surface area contributed by atoms with Gasteiger partial charge in [-0.05, 0) is 53.9 Å². The van der Waals surface area contributed by atoms with Crippen LogP contribution in [0.2, 0.25) is 0 Å². The molecule has 36 heavy (non-hydrogen) atoms. The second kappa shape index (κ2) is 10.7. The number of carbonyl (C=O) groups is 1. The van der Waals surface area contributed by atoms with Crippen LogP contribution in [-0.4, -0.2) is 43.0 Å². The van der Waals surface area contributed by atoms with E-state index in [0.29, 0.717) is 24.4 Å². The summed E-state index contributed by atoms with van der Waals surface area (Å²) in [5.41, 5.74) is 2.73. The average Bonchev–Trinajstić information content (AvgIpc) is 3.32. The van der Waals surface area contributed by atoms with Crippen LogP contribution in [0.5, 0.6) is 11.6 Å². The molecule has 10 heteroatoms. The zero-order valence-electron chi connectivity index (χ0n) is 19.3. The van der Waals surface area contributed by atoms with E-state index in [9.17, 15) is 18.0 Å². The van der Waals surface area contributed by atoms with E-state index in [-0.39, 0.29) is 35.2 Å². The van der Waals surface area contributed by atoms with E-state index in [1.807, 2.05) is 18.2 Å². The van der Waals surface area contributed by atoms with Crippen molar-refractivity contribution in [2.45, 2.75) is 30.8 Å². The van der Waals surface area contributed by atoms with E-state index in [0.717, 1.165) is 23.3 Å². The molecule has 0 aliphatic carbocycles. The van der Waals surface area contributed by atoms with Crippen LogP contribution >= 0.6 is 0 Å². The predicted octanol–water partition coefficient (Wildman–Crippen LogP) is 4.15. The molecule has 1 saturated heterocycles. The molecule has 2 N–H and O–H groups in total. The van der Waals surface area contributed by atoms with E-state index in [2.05, 4.69) is 26.4 Å². The lowest BCUT2D eigenvalue weighted by molar-refractivity contribution is -0.274. The zero-order chi connectivity index (χ0) is 25.7. The van der Waals surface area contributed by atoms with Gasteiger partial charge in [-0.1, -0.05) is 18.2 Å². The van der Waals surface area contributed by atoms with Crippen molar-refractivity contribution in [2.75, 3.05) is 13.7 Å². The second-order valence-corrected chi connectivity index (χ2v) is 8.34. The summed E-state index contributed by atoms with van der Waals surface area (Å²) >= 11 is 0. The smallest absolute Gasteiger partial charge is 0.481 e. The van der Waals surface area contributed by atoms with Gasteiger partial charge in [0, 0.05) is 42.4 Å². The van der Waals surface area contributed by atoms with Gasteiger partial charge in [0.05, 0.1) is 18.7 Å². The minimum atomic E-state index is -4.79. The molecule has 186 valence electrons. The van der Waals surface area contributed by atoms with Gasteiger partial charge in [0.2, 0.25) is 5.88 Å². The number of nitrogens with one attached hydrogen (secondary N) is 2. The van der Waals surface area contributed by atoms with E-state index >= 15 is 0 Å². The van der Waals surface area contributed by atoms with Gasteiger partial charge in [-0.25, -0.2) is 4.98 Å². The second-order valence-electron chi connectivity index (χ2n) is 8.34. The Balaban J connectivity index is 1.47. The van der Waals surface area contributed by atoms with E-state index in [4.69, 9.17) is 10.00 Å². The van der Waals surface area contributed by atoms with Gasteiger partial charge in [-0.2, -0.15) is 5.26 Å². The van der Waals surface area contributed by atoms with Crippen LogP contribution in [0.1, 0.15) is 39.4 Å². The lowest BCUT2D eigenvalue weighted by Gasteiger charge is -2.25.